The van der Waals surface area contributed by atoms with Gasteiger partial charge in [-0.2, -0.15) is 0 Å². The van der Waals surface area contributed by atoms with Crippen LogP contribution in [0, 0.1) is 0 Å². The quantitative estimate of drug-likeness (QED) is 0.761. The van der Waals surface area contributed by atoms with Gasteiger partial charge in [0.2, 0.25) is 0 Å². The molecule has 1 aliphatic rings. The monoisotopic (exact) mass is 305 g/mol. The van der Waals surface area contributed by atoms with E-state index in [9.17, 15) is 9.59 Å². The highest BCUT2D eigenvalue weighted by Gasteiger charge is 2.21. The first-order valence-corrected chi connectivity index (χ1v) is 7.74. The highest BCUT2D eigenvalue weighted by molar-refractivity contribution is 5.89. The van der Waals surface area contributed by atoms with Crippen LogP contribution in [0.15, 0.2) is 24.3 Å². The molecule has 3 amide bonds. The molecule has 6 heteroatoms. The molecule has 1 aromatic rings. The van der Waals surface area contributed by atoms with E-state index in [4.69, 9.17) is 4.74 Å². The van der Waals surface area contributed by atoms with E-state index in [1.165, 1.54) is 0 Å². The number of rotatable bonds is 7. The van der Waals surface area contributed by atoms with Gasteiger partial charge in [0.15, 0.2) is 0 Å². The molecule has 1 aliphatic heterocycles. The molecule has 2 rings (SSSR count). The van der Waals surface area contributed by atoms with Crippen LogP contribution in [0.2, 0.25) is 0 Å². The van der Waals surface area contributed by atoms with Crippen LogP contribution in [0.1, 0.15) is 31.7 Å². The van der Waals surface area contributed by atoms with Crippen molar-refractivity contribution in [3.63, 3.8) is 0 Å². The summed E-state index contributed by atoms with van der Waals surface area (Å²) >= 11 is 0. The van der Waals surface area contributed by atoms with Crippen LogP contribution in [-0.2, 0) is 11.3 Å². The Kier molecular flexibility index (Phi) is 6.06. The number of urea groups is 1. The highest BCUT2D eigenvalue weighted by atomic mass is 16.6. The third kappa shape index (κ3) is 4.95. The minimum absolute atomic E-state index is 0.188. The smallest absolute Gasteiger partial charge is 0.410 e. The Hall–Kier alpha value is -2.24. The number of amides is 3. The lowest BCUT2D eigenvalue weighted by molar-refractivity contribution is 0.157. The Labute approximate surface area is 130 Å². The minimum Gasteiger partial charge on any atom is -0.448 e. The predicted octanol–water partition coefficient (Wildman–Crippen LogP) is 2.95. The molecule has 0 unspecified atom stereocenters. The van der Waals surface area contributed by atoms with E-state index in [1.54, 1.807) is 4.90 Å². The van der Waals surface area contributed by atoms with Crippen molar-refractivity contribution in [2.75, 3.05) is 25.0 Å². The highest BCUT2D eigenvalue weighted by Crippen LogP contribution is 2.14. The molecule has 0 spiro atoms. The van der Waals surface area contributed by atoms with Crippen LogP contribution in [0.3, 0.4) is 0 Å². The first kappa shape index (κ1) is 16.1. The summed E-state index contributed by atoms with van der Waals surface area (Å²) in [5.41, 5.74) is 1.74. The Morgan fingerprint density at radius 1 is 1.27 bits per heavy atom. The number of carbonyl (C=O) groups is 2. The Morgan fingerprint density at radius 3 is 2.68 bits per heavy atom. The van der Waals surface area contributed by atoms with Gasteiger partial charge in [-0.25, -0.2) is 9.59 Å². The number of anilines is 1. The summed E-state index contributed by atoms with van der Waals surface area (Å²) in [6.45, 7) is 4.43. The summed E-state index contributed by atoms with van der Waals surface area (Å²) < 4.78 is 4.89. The summed E-state index contributed by atoms with van der Waals surface area (Å²) in [6.07, 6.45) is 2.98. The summed E-state index contributed by atoms with van der Waals surface area (Å²) in [7, 11) is 0. The van der Waals surface area contributed by atoms with Crippen molar-refractivity contribution in [3.05, 3.63) is 29.8 Å². The van der Waals surface area contributed by atoms with Gasteiger partial charge in [-0.3, -0.25) is 0 Å². The van der Waals surface area contributed by atoms with Crippen molar-refractivity contribution < 1.29 is 14.3 Å². The number of ether oxygens (including phenoxy) is 1. The summed E-state index contributed by atoms with van der Waals surface area (Å²) in [5, 5.41) is 5.62. The second-order valence-corrected chi connectivity index (χ2v) is 5.32. The zero-order chi connectivity index (χ0) is 15.8. The van der Waals surface area contributed by atoms with Crippen molar-refractivity contribution in [1.29, 1.82) is 0 Å². The SMILES string of the molecule is CCCCCNC(=O)Nc1ccc(CN2CCOC2=O)cc1. The first-order valence-electron chi connectivity index (χ1n) is 7.74. The maximum Gasteiger partial charge on any atom is 0.410 e. The summed E-state index contributed by atoms with van der Waals surface area (Å²) in [4.78, 5) is 24.7. The van der Waals surface area contributed by atoms with E-state index < -0.39 is 0 Å². The normalized spacial score (nSPS) is 13.9. The van der Waals surface area contributed by atoms with Gasteiger partial charge in [-0.1, -0.05) is 31.9 Å². The van der Waals surface area contributed by atoms with Gasteiger partial charge < -0.3 is 20.3 Å². The maximum absolute atomic E-state index is 11.7. The van der Waals surface area contributed by atoms with Gasteiger partial charge in [0.05, 0.1) is 6.54 Å². The molecular formula is C16H23N3O3. The number of nitrogens with one attached hydrogen (secondary N) is 2. The average molecular weight is 305 g/mol. The number of carbonyl (C=O) groups excluding carboxylic acids is 2. The molecule has 0 radical (unpaired) electrons. The minimum atomic E-state index is -0.270. The van der Waals surface area contributed by atoms with E-state index in [0.717, 1.165) is 30.5 Å². The fourth-order valence-electron chi connectivity index (χ4n) is 2.24. The van der Waals surface area contributed by atoms with Crippen LogP contribution in [0.5, 0.6) is 0 Å². The lowest BCUT2D eigenvalue weighted by atomic mass is 10.2. The second kappa shape index (κ2) is 8.26. The Morgan fingerprint density at radius 2 is 2.05 bits per heavy atom. The molecule has 0 saturated carbocycles. The Balaban J connectivity index is 1.76. The van der Waals surface area contributed by atoms with Crippen LogP contribution in [-0.4, -0.2) is 36.7 Å². The largest absolute Gasteiger partial charge is 0.448 e. The van der Waals surface area contributed by atoms with E-state index in [2.05, 4.69) is 17.6 Å². The maximum atomic E-state index is 11.7. The molecule has 1 heterocycles. The summed E-state index contributed by atoms with van der Waals surface area (Å²) in [6, 6.07) is 7.29. The van der Waals surface area contributed by atoms with Crippen molar-refractivity contribution in [2.24, 2.45) is 0 Å². The predicted molar refractivity (Wildman–Crippen MR) is 84.7 cm³/mol. The molecule has 1 saturated heterocycles. The Bertz CT molecular complexity index is 502. The van der Waals surface area contributed by atoms with Crippen molar-refractivity contribution >= 4 is 17.8 Å². The number of benzene rings is 1. The lowest BCUT2D eigenvalue weighted by Crippen LogP contribution is -2.29. The fourth-order valence-corrected chi connectivity index (χ4v) is 2.24. The number of cyclic esters (lactones) is 1. The topological polar surface area (TPSA) is 70.7 Å². The van der Waals surface area contributed by atoms with E-state index in [1.807, 2.05) is 24.3 Å². The van der Waals surface area contributed by atoms with Gasteiger partial charge in [0, 0.05) is 18.8 Å². The van der Waals surface area contributed by atoms with Gasteiger partial charge in [0.1, 0.15) is 6.61 Å². The van der Waals surface area contributed by atoms with E-state index in [-0.39, 0.29) is 12.1 Å². The molecule has 0 atom stereocenters. The van der Waals surface area contributed by atoms with E-state index in [0.29, 0.717) is 26.2 Å². The third-order valence-corrected chi connectivity index (χ3v) is 3.50. The molecule has 6 nitrogen and oxygen atoms in total. The molecule has 0 bridgehead atoms. The number of unbranched alkanes of at least 4 members (excludes halogenated alkanes) is 2. The number of hydrogen-bond acceptors (Lipinski definition) is 3. The lowest BCUT2D eigenvalue weighted by Gasteiger charge is -2.13. The second-order valence-electron chi connectivity index (χ2n) is 5.32. The molecule has 120 valence electrons. The van der Waals surface area contributed by atoms with Gasteiger partial charge in [-0.05, 0) is 24.1 Å². The molecule has 0 aromatic heterocycles. The summed E-state index contributed by atoms with van der Waals surface area (Å²) in [5.74, 6) is 0. The number of nitrogens with zero attached hydrogens (tertiary/aromatic N) is 1. The molecule has 1 aromatic carbocycles. The molecule has 1 fully saturated rings. The van der Waals surface area contributed by atoms with E-state index >= 15 is 0 Å². The number of hydrogen-bond donors (Lipinski definition) is 2. The van der Waals surface area contributed by atoms with Crippen LogP contribution >= 0.6 is 0 Å². The zero-order valence-corrected chi connectivity index (χ0v) is 12.9. The molecule has 22 heavy (non-hydrogen) atoms. The van der Waals surface area contributed by atoms with Gasteiger partial charge in [0.25, 0.3) is 0 Å². The van der Waals surface area contributed by atoms with Crippen molar-refractivity contribution in [1.82, 2.24) is 10.2 Å². The zero-order valence-electron chi connectivity index (χ0n) is 12.9. The van der Waals surface area contributed by atoms with Gasteiger partial charge in [-0.15, -0.1) is 0 Å². The fraction of sp³-hybridized carbons (Fsp3) is 0.500. The molecule has 2 N–H and O–H groups in total. The molecular weight excluding hydrogens is 282 g/mol. The van der Waals surface area contributed by atoms with Crippen molar-refractivity contribution in [2.45, 2.75) is 32.7 Å². The third-order valence-electron chi connectivity index (χ3n) is 3.50. The van der Waals surface area contributed by atoms with Crippen LogP contribution < -0.4 is 10.6 Å². The van der Waals surface area contributed by atoms with Crippen LogP contribution in [0.25, 0.3) is 0 Å². The first-order chi connectivity index (χ1) is 10.7. The van der Waals surface area contributed by atoms with Crippen molar-refractivity contribution in [3.8, 4) is 0 Å². The average Bonchev–Trinajstić information content (AvgIpc) is 2.91. The molecule has 0 aliphatic carbocycles. The standard InChI is InChI=1S/C16H23N3O3/c1-2-3-4-9-17-15(20)18-14-7-5-13(6-8-14)12-19-10-11-22-16(19)21/h5-8H,2-4,9-12H2,1H3,(H2,17,18,20). The van der Waals surface area contributed by atoms with Gasteiger partial charge >= 0.3 is 12.1 Å². The van der Waals surface area contributed by atoms with Crippen LogP contribution in [0.4, 0.5) is 15.3 Å².